The Bertz CT molecular complexity index is 967. The van der Waals surface area contributed by atoms with E-state index in [1.54, 1.807) is 42.1 Å². The lowest BCUT2D eigenvalue weighted by molar-refractivity contribution is 0.0957. The number of rotatable bonds is 9. The van der Waals surface area contributed by atoms with Crippen LogP contribution in [0.1, 0.15) is 35.8 Å². The lowest BCUT2D eigenvalue weighted by atomic mass is 10.2. The van der Waals surface area contributed by atoms with Gasteiger partial charge < -0.3 is 9.88 Å². The molecule has 0 unspecified atom stereocenters. The van der Waals surface area contributed by atoms with E-state index in [0.717, 1.165) is 35.2 Å². The SMILES string of the molecule is CSc1nnc(CCCNC(=O)c2ccc(-c3ccccc3F)s2)n1CC(C)C. The fourth-order valence-corrected chi connectivity index (χ4v) is 4.48. The zero-order valence-electron chi connectivity index (χ0n) is 16.8. The molecule has 29 heavy (non-hydrogen) atoms. The van der Waals surface area contributed by atoms with E-state index in [2.05, 4.69) is 33.9 Å². The van der Waals surface area contributed by atoms with E-state index in [0.29, 0.717) is 22.9 Å². The highest BCUT2D eigenvalue weighted by Crippen LogP contribution is 2.29. The molecule has 0 radical (unpaired) electrons. The molecule has 0 atom stereocenters. The summed E-state index contributed by atoms with van der Waals surface area (Å²) < 4.78 is 16.1. The minimum absolute atomic E-state index is 0.133. The van der Waals surface area contributed by atoms with Crippen molar-refractivity contribution < 1.29 is 9.18 Å². The maximum atomic E-state index is 13.9. The van der Waals surface area contributed by atoms with Crippen molar-refractivity contribution in [1.82, 2.24) is 20.1 Å². The van der Waals surface area contributed by atoms with Crippen LogP contribution in [-0.4, -0.2) is 33.5 Å². The molecule has 3 rings (SSSR count). The summed E-state index contributed by atoms with van der Waals surface area (Å²) in [4.78, 5) is 13.7. The molecule has 0 spiro atoms. The van der Waals surface area contributed by atoms with Gasteiger partial charge in [-0.1, -0.05) is 43.8 Å². The van der Waals surface area contributed by atoms with Crippen LogP contribution < -0.4 is 5.32 Å². The van der Waals surface area contributed by atoms with Crippen LogP contribution in [-0.2, 0) is 13.0 Å². The van der Waals surface area contributed by atoms with Gasteiger partial charge in [-0.25, -0.2) is 4.39 Å². The first-order valence-corrected chi connectivity index (χ1v) is 11.6. The number of nitrogens with zero attached hydrogens (tertiary/aromatic N) is 3. The summed E-state index contributed by atoms with van der Waals surface area (Å²) in [5, 5.41) is 12.4. The van der Waals surface area contributed by atoms with Crippen LogP contribution in [0.25, 0.3) is 10.4 Å². The predicted molar refractivity (Wildman–Crippen MR) is 117 cm³/mol. The van der Waals surface area contributed by atoms with Gasteiger partial charge >= 0.3 is 0 Å². The average Bonchev–Trinajstić information content (AvgIpc) is 3.32. The van der Waals surface area contributed by atoms with Crippen molar-refractivity contribution in [1.29, 1.82) is 0 Å². The van der Waals surface area contributed by atoms with Gasteiger partial charge in [0.2, 0.25) is 0 Å². The van der Waals surface area contributed by atoms with E-state index in [-0.39, 0.29) is 11.7 Å². The average molecular weight is 433 g/mol. The van der Waals surface area contributed by atoms with E-state index in [9.17, 15) is 9.18 Å². The van der Waals surface area contributed by atoms with Gasteiger partial charge in [0.15, 0.2) is 5.16 Å². The third-order valence-corrected chi connectivity index (χ3v) is 6.14. The predicted octanol–water partition coefficient (Wildman–Crippen LogP) is 4.89. The summed E-state index contributed by atoms with van der Waals surface area (Å²) in [5.74, 6) is 1.05. The van der Waals surface area contributed by atoms with Crippen LogP contribution in [0, 0.1) is 11.7 Å². The quantitative estimate of drug-likeness (QED) is 0.386. The van der Waals surface area contributed by atoms with Crippen molar-refractivity contribution in [2.45, 2.75) is 38.4 Å². The molecule has 0 saturated heterocycles. The topological polar surface area (TPSA) is 59.8 Å². The van der Waals surface area contributed by atoms with Gasteiger partial charge in [0.05, 0.1) is 4.88 Å². The van der Waals surface area contributed by atoms with Crippen molar-refractivity contribution >= 4 is 29.0 Å². The number of thioether (sulfide) groups is 1. The lowest BCUT2D eigenvalue weighted by Crippen LogP contribution is -2.24. The first-order valence-electron chi connectivity index (χ1n) is 9.58. The van der Waals surface area contributed by atoms with Crippen molar-refractivity contribution in [2.75, 3.05) is 12.8 Å². The molecule has 0 bridgehead atoms. The number of hydrogen-bond donors (Lipinski definition) is 1. The number of thiophene rings is 1. The maximum absolute atomic E-state index is 13.9. The Labute approximate surface area is 178 Å². The molecule has 2 aromatic heterocycles. The summed E-state index contributed by atoms with van der Waals surface area (Å²) in [7, 11) is 0. The molecule has 0 saturated carbocycles. The molecule has 0 fully saturated rings. The third-order valence-electron chi connectivity index (χ3n) is 4.36. The lowest BCUT2D eigenvalue weighted by Gasteiger charge is -2.11. The second kappa shape index (κ2) is 10.0. The summed E-state index contributed by atoms with van der Waals surface area (Å²) in [6, 6.07) is 10.1. The van der Waals surface area contributed by atoms with Gasteiger partial charge in [0, 0.05) is 30.0 Å². The van der Waals surface area contributed by atoms with Crippen molar-refractivity contribution in [3.05, 3.63) is 52.9 Å². The maximum Gasteiger partial charge on any atom is 0.261 e. The number of amides is 1. The Morgan fingerprint density at radius 1 is 1.24 bits per heavy atom. The number of carbonyl (C=O) groups excluding carboxylic acids is 1. The van der Waals surface area contributed by atoms with Crippen molar-refractivity contribution in [3.8, 4) is 10.4 Å². The fourth-order valence-electron chi connectivity index (χ4n) is 3.00. The second-order valence-electron chi connectivity index (χ2n) is 7.11. The molecule has 1 N–H and O–H groups in total. The zero-order valence-corrected chi connectivity index (χ0v) is 18.4. The molecule has 1 amide bonds. The first kappa shape index (κ1) is 21.5. The highest BCUT2D eigenvalue weighted by atomic mass is 32.2. The summed E-state index contributed by atoms with van der Waals surface area (Å²) in [6.07, 6.45) is 3.54. The standard InChI is InChI=1S/C21H25FN4OS2/c1-14(2)13-26-19(24-25-21(26)28-3)9-6-12-23-20(27)18-11-10-17(29-18)15-7-4-5-8-16(15)22/h4-5,7-8,10-11,14H,6,9,12-13H2,1-3H3,(H,23,27). The summed E-state index contributed by atoms with van der Waals surface area (Å²) in [6.45, 7) is 5.78. The van der Waals surface area contributed by atoms with Crippen LogP contribution in [0.4, 0.5) is 4.39 Å². The molecule has 1 aromatic carbocycles. The van der Waals surface area contributed by atoms with Crippen LogP contribution in [0.3, 0.4) is 0 Å². The fraction of sp³-hybridized carbons (Fsp3) is 0.381. The number of carbonyl (C=O) groups is 1. The molecule has 0 aliphatic rings. The van der Waals surface area contributed by atoms with Crippen molar-refractivity contribution in [3.63, 3.8) is 0 Å². The van der Waals surface area contributed by atoms with Gasteiger partial charge in [-0.05, 0) is 36.8 Å². The number of hydrogen-bond acceptors (Lipinski definition) is 5. The highest BCUT2D eigenvalue weighted by molar-refractivity contribution is 7.98. The van der Waals surface area contributed by atoms with E-state index >= 15 is 0 Å². The molecule has 5 nitrogen and oxygen atoms in total. The van der Waals surface area contributed by atoms with Gasteiger partial charge in [-0.15, -0.1) is 21.5 Å². The first-order chi connectivity index (χ1) is 14.0. The molecular weight excluding hydrogens is 407 g/mol. The minimum atomic E-state index is -0.281. The van der Waals surface area contributed by atoms with Gasteiger partial charge in [-0.3, -0.25) is 4.79 Å². The summed E-state index contributed by atoms with van der Waals surface area (Å²) in [5.41, 5.74) is 0.519. The second-order valence-corrected chi connectivity index (χ2v) is 8.97. The van der Waals surface area contributed by atoms with E-state index in [1.165, 1.54) is 17.4 Å². The zero-order chi connectivity index (χ0) is 20.8. The molecule has 8 heteroatoms. The molecule has 154 valence electrons. The van der Waals surface area contributed by atoms with Crippen molar-refractivity contribution in [2.24, 2.45) is 5.92 Å². The number of benzene rings is 1. The van der Waals surface area contributed by atoms with Crippen LogP contribution >= 0.6 is 23.1 Å². The van der Waals surface area contributed by atoms with Crippen LogP contribution in [0.2, 0.25) is 0 Å². The highest BCUT2D eigenvalue weighted by Gasteiger charge is 2.14. The van der Waals surface area contributed by atoms with E-state index in [1.807, 2.05) is 6.26 Å². The van der Waals surface area contributed by atoms with Gasteiger partial charge in [-0.2, -0.15) is 0 Å². The van der Waals surface area contributed by atoms with Gasteiger partial charge in [0.1, 0.15) is 11.6 Å². The Kier molecular flexibility index (Phi) is 7.44. The number of halogens is 1. The minimum Gasteiger partial charge on any atom is -0.351 e. The molecule has 2 heterocycles. The number of aryl methyl sites for hydroxylation is 1. The molecule has 3 aromatic rings. The van der Waals surface area contributed by atoms with Crippen LogP contribution in [0.5, 0.6) is 0 Å². The van der Waals surface area contributed by atoms with Crippen LogP contribution in [0.15, 0.2) is 41.6 Å². The Balaban J connectivity index is 1.54. The summed E-state index contributed by atoms with van der Waals surface area (Å²) >= 11 is 2.89. The smallest absolute Gasteiger partial charge is 0.261 e. The Morgan fingerprint density at radius 2 is 2.03 bits per heavy atom. The molecule has 0 aliphatic carbocycles. The monoisotopic (exact) mass is 432 g/mol. The Morgan fingerprint density at radius 3 is 2.76 bits per heavy atom. The largest absolute Gasteiger partial charge is 0.351 e. The number of nitrogens with one attached hydrogen (secondary N) is 1. The number of aromatic nitrogens is 3. The van der Waals surface area contributed by atoms with E-state index < -0.39 is 0 Å². The van der Waals surface area contributed by atoms with Gasteiger partial charge in [0.25, 0.3) is 5.91 Å². The molecule has 0 aliphatic heterocycles. The Hall–Kier alpha value is -2.19. The van der Waals surface area contributed by atoms with E-state index in [4.69, 9.17) is 0 Å². The molecular formula is C21H25FN4OS2. The normalized spacial score (nSPS) is 11.2. The third kappa shape index (κ3) is 5.45.